The third-order valence-corrected chi connectivity index (χ3v) is 1.13. The van der Waals surface area contributed by atoms with Crippen LogP contribution in [0, 0.1) is 0 Å². The molecule has 0 aliphatic carbocycles. The van der Waals surface area contributed by atoms with Crippen molar-refractivity contribution in [1.29, 1.82) is 0 Å². The molecule has 0 aromatic rings. The minimum Gasteiger partial charge on any atom is -0.371 e. The second kappa shape index (κ2) is 4.12. The number of epoxide rings is 1. The van der Waals surface area contributed by atoms with Gasteiger partial charge in [0, 0.05) is 0 Å². The Kier molecular flexibility index (Phi) is 3.36. The summed E-state index contributed by atoms with van der Waals surface area (Å²) < 4.78 is 25.2. The van der Waals surface area contributed by atoms with Crippen molar-refractivity contribution in [3.05, 3.63) is 0 Å². The highest BCUT2D eigenvalue weighted by Crippen LogP contribution is 2.12. The Balaban J connectivity index is 1.71. The second-order valence-corrected chi connectivity index (χ2v) is 2.11. The van der Waals surface area contributed by atoms with E-state index in [-0.39, 0.29) is 12.9 Å². The highest BCUT2D eigenvalue weighted by molar-refractivity contribution is 7.25. The second-order valence-electron chi connectivity index (χ2n) is 1.67. The smallest absolute Gasteiger partial charge is 0.207 e. The van der Waals surface area contributed by atoms with Crippen LogP contribution in [0.5, 0.6) is 0 Å². The Morgan fingerprint density at radius 1 is 1.78 bits per heavy atom. The van der Waals surface area contributed by atoms with E-state index in [9.17, 15) is 4.20 Å². The summed E-state index contributed by atoms with van der Waals surface area (Å²) in [5.41, 5.74) is 0. The molecule has 0 bridgehead atoms. The predicted molar refractivity (Wildman–Crippen MR) is 31.1 cm³/mol. The first-order valence-electron chi connectivity index (χ1n) is 2.60. The maximum Gasteiger partial charge on any atom is 0.207 e. The lowest BCUT2D eigenvalue weighted by Gasteiger charge is -1.97. The summed E-state index contributed by atoms with van der Waals surface area (Å²) in [5, 5.41) is 0. The van der Waals surface area contributed by atoms with Crippen molar-refractivity contribution in [1.82, 2.24) is 0 Å². The third-order valence-electron chi connectivity index (χ3n) is 0.903. The summed E-state index contributed by atoms with van der Waals surface area (Å²) in [4.78, 5) is 0. The maximum absolute atomic E-state index is 11.2. The molecule has 0 saturated carbocycles. The Hall–Kier alpha value is 0.240. The van der Waals surface area contributed by atoms with E-state index >= 15 is 0 Å². The van der Waals surface area contributed by atoms with Crippen molar-refractivity contribution >= 4 is 9.12 Å². The third kappa shape index (κ3) is 3.76. The van der Waals surface area contributed by atoms with Crippen LogP contribution >= 0.6 is 9.12 Å². The maximum atomic E-state index is 11.2. The van der Waals surface area contributed by atoms with Gasteiger partial charge >= 0.3 is 0 Å². The monoisotopic (exact) mass is 154 g/mol. The van der Waals surface area contributed by atoms with Crippen molar-refractivity contribution in [3.8, 4) is 0 Å². The Labute approximate surface area is 54.5 Å². The van der Waals surface area contributed by atoms with E-state index in [2.05, 4.69) is 4.52 Å². The summed E-state index contributed by atoms with van der Waals surface area (Å²) in [6.45, 7) is 1.32. The van der Waals surface area contributed by atoms with Crippen LogP contribution in [0.4, 0.5) is 4.20 Å². The normalized spacial score (nSPS) is 25.7. The fourth-order valence-electron chi connectivity index (χ4n) is 0.408. The summed E-state index contributed by atoms with van der Waals surface area (Å²) in [6.07, 6.45) is 0.233. The molecule has 3 nitrogen and oxygen atoms in total. The SMILES string of the molecule is FPOCOCC1CO1. The zero-order valence-corrected chi connectivity index (χ0v) is 5.80. The molecule has 9 heavy (non-hydrogen) atoms. The molecule has 0 aromatic heterocycles. The first-order chi connectivity index (χ1) is 4.43. The molecule has 2 atom stereocenters. The number of hydrogen-bond donors (Lipinski definition) is 0. The van der Waals surface area contributed by atoms with E-state index in [1.807, 2.05) is 0 Å². The van der Waals surface area contributed by atoms with Crippen LogP contribution < -0.4 is 0 Å². The van der Waals surface area contributed by atoms with Gasteiger partial charge in [0.05, 0.1) is 13.2 Å². The minimum absolute atomic E-state index is 0.0365. The van der Waals surface area contributed by atoms with Gasteiger partial charge in [-0.3, -0.25) is 0 Å². The van der Waals surface area contributed by atoms with E-state index in [4.69, 9.17) is 9.47 Å². The van der Waals surface area contributed by atoms with Crippen molar-refractivity contribution in [3.63, 3.8) is 0 Å². The zero-order valence-electron chi connectivity index (χ0n) is 4.80. The predicted octanol–water partition coefficient (Wildman–Crippen LogP) is 0.854. The molecule has 1 saturated heterocycles. The summed E-state index contributed by atoms with van der Waals surface area (Å²) in [5.74, 6) is 0. The summed E-state index contributed by atoms with van der Waals surface area (Å²) >= 11 is 0. The topological polar surface area (TPSA) is 31.0 Å². The lowest BCUT2D eigenvalue weighted by atomic mass is 10.5. The van der Waals surface area contributed by atoms with Gasteiger partial charge < -0.3 is 14.0 Å². The molecule has 1 aliphatic rings. The van der Waals surface area contributed by atoms with Gasteiger partial charge in [-0.15, -0.1) is 0 Å². The van der Waals surface area contributed by atoms with Gasteiger partial charge in [-0.05, 0) is 0 Å². The minimum atomic E-state index is -0.984. The van der Waals surface area contributed by atoms with Crippen LogP contribution in [0.15, 0.2) is 0 Å². The van der Waals surface area contributed by atoms with Crippen molar-refractivity contribution in [2.75, 3.05) is 20.0 Å². The number of rotatable bonds is 5. The molecule has 5 heteroatoms. The van der Waals surface area contributed by atoms with E-state index in [0.717, 1.165) is 6.61 Å². The molecule has 0 spiro atoms. The lowest BCUT2D eigenvalue weighted by molar-refractivity contribution is 0.0145. The molecule has 0 radical (unpaired) electrons. The molecule has 1 rings (SSSR count). The summed E-state index contributed by atoms with van der Waals surface area (Å²) in [7, 11) is -0.984. The first kappa shape index (κ1) is 7.35. The highest BCUT2D eigenvalue weighted by Gasteiger charge is 2.21. The molecule has 1 aliphatic heterocycles. The van der Waals surface area contributed by atoms with Gasteiger partial charge in [0.25, 0.3) is 0 Å². The van der Waals surface area contributed by atoms with Crippen LogP contribution in [-0.4, -0.2) is 26.1 Å². The average Bonchev–Trinajstić information content (AvgIpc) is 2.63. The van der Waals surface area contributed by atoms with Gasteiger partial charge in [-0.1, -0.05) is 0 Å². The van der Waals surface area contributed by atoms with Gasteiger partial charge in [-0.2, -0.15) is 4.20 Å². The molecule has 0 N–H and O–H groups in total. The van der Waals surface area contributed by atoms with E-state index in [1.54, 1.807) is 0 Å². The number of halogens is 1. The van der Waals surface area contributed by atoms with Crippen LogP contribution in [0.1, 0.15) is 0 Å². The van der Waals surface area contributed by atoms with Crippen LogP contribution in [0.25, 0.3) is 0 Å². The van der Waals surface area contributed by atoms with Crippen LogP contribution in [-0.2, 0) is 14.0 Å². The first-order valence-corrected chi connectivity index (χ1v) is 3.39. The molecule has 1 heterocycles. The van der Waals surface area contributed by atoms with Gasteiger partial charge in [0.2, 0.25) is 9.12 Å². The van der Waals surface area contributed by atoms with Crippen molar-refractivity contribution < 1.29 is 18.2 Å². The highest BCUT2D eigenvalue weighted by atomic mass is 31.1. The van der Waals surface area contributed by atoms with Gasteiger partial charge in [-0.25, -0.2) is 0 Å². The Morgan fingerprint density at radius 2 is 2.56 bits per heavy atom. The van der Waals surface area contributed by atoms with Crippen LogP contribution in [0.3, 0.4) is 0 Å². The molecule has 0 amide bonds. The van der Waals surface area contributed by atoms with E-state index in [0.29, 0.717) is 6.61 Å². The van der Waals surface area contributed by atoms with Crippen molar-refractivity contribution in [2.45, 2.75) is 6.10 Å². The average molecular weight is 154 g/mol. The molecule has 2 unspecified atom stereocenters. The molecule has 1 fully saturated rings. The Morgan fingerprint density at radius 3 is 3.11 bits per heavy atom. The zero-order chi connectivity index (χ0) is 6.53. The molecular formula is C4H8FO3P. The van der Waals surface area contributed by atoms with Crippen LogP contribution in [0.2, 0.25) is 0 Å². The number of hydrogen-bond acceptors (Lipinski definition) is 3. The fraction of sp³-hybridized carbons (Fsp3) is 1.00. The van der Waals surface area contributed by atoms with Crippen molar-refractivity contribution in [2.24, 2.45) is 0 Å². The molecule has 54 valence electrons. The lowest BCUT2D eigenvalue weighted by Crippen LogP contribution is -2.02. The standard InChI is InChI=1S/C4H8FO3P/c5-9-8-3-6-1-4-2-7-4/h4,9H,1-3H2. The quantitative estimate of drug-likeness (QED) is 0.254. The van der Waals surface area contributed by atoms with Gasteiger partial charge in [0.1, 0.15) is 6.10 Å². The molecule has 0 aromatic carbocycles. The number of ether oxygens (including phenoxy) is 2. The Bertz CT molecular complexity index is 78.2. The van der Waals surface area contributed by atoms with E-state index in [1.165, 1.54) is 0 Å². The molecular weight excluding hydrogens is 146 g/mol. The largest absolute Gasteiger partial charge is 0.371 e. The fourth-order valence-corrected chi connectivity index (χ4v) is 0.536. The van der Waals surface area contributed by atoms with Gasteiger partial charge in [0.15, 0.2) is 6.79 Å². The van der Waals surface area contributed by atoms with E-state index < -0.39 is 9.12 Å². The summed E-state index contributed by atoms with van der Waals surface area (Å²) in [6, 6.07) is 0.